The van der Waals surface area contributed by atoms with Crippen LogP contribution < -0.4 is 5.32 Å². The summed E-state index contributed by atoms with van der Waals surface area (Å²) >= 11 is 0. The molecule has 132 valence electrons. The normalized spacial score (nSPS) is 17.5. The number of fused-ring (bicyclic) bond motifs is 4. The molecule has 2 aliphatic heterocycles. The molecule has 1 fully saturated rings. The largest absolute Gasteiger partial charge is 0.372 e. The maximum absolute atomic E-state index is 12.5. The second-order valence-electron chi connectivity index (χ2n) is 6.88. The van der Waals surface area contributed by atoms with Crippen LogP contribution in [0.1, 0.15) is 18.5 Å². The Morgan fingerprint density at radius 2 is 2.00 bits per heavy atom. The minimum absolute atomic E-state index is 0.0544. The van der Waals surface area contributed by atoms with Gasteiger partial charge in [-0.05, 0) is 47.5 Å². The number of piperidine rings is 1. The van der Waals surface area contributed by atoms with Gasteiger partial charge in [0.15, 0.2) is 0 Å². The summed E-state index contributed by atoms with van der Waals surface area (Å²) in [5.74, 6) is 0.0544. The summed E-state index contributed by atoms with van der Waals surface area (Å²) < 4.78 is 3.73. The number of hydrogen-bond acceptors (Lipinski definition) is 5. The van der Waals surface area contributed by atoms with E-state index in [4.69, 9.17) is 0 Å². The van der Waals surface area contributed by atoms with Gasteiger partial charge in [0.05, 0.1) is 16.9 Å². The number of hydrogen-bond donors (Lipinski definition) is 1. The van der Waals surface area contributed by atoms with Crippen molar-refractivity contribution in [1.82, 2.24) is 29.7 Å². The van der Waals surface area contributed by atoms with Gasteiger partial charge in [-0.1, -0.05) is 12.1 Å². The van der Waals surface area contributed by atoms with E-state index < -0.39 is 0 Å². The van der Waals surface area contributed by atoms with E-state index >= 15 is 0 Å². The number of amides is 1. The molecule has 0 bridgehead atoms. The van der Waals surface area contributed by atoms with Crippen molar-refractivity contribution in [2.45, 2.75) is 24.9 Å². The molecule has 3 aromatic rings. The third-order valence-electron chi connectivity index (χ3n) is 5.44. The maximum atomic E-state index is 12.5. The van der Waals surface area contributed by atoms with Gasteiger partial charge in [0.25, 0.3) is 0 Å². The topological polar surface area (TPSA) is 80.9 Å². The van der Waals surface area contributed by atoms with Crippen molar-refractivity contribution in [3.8, 4) is 5.69 Å². The first-order valence-corrected chi connectivity index (χ1v) is 8.79. The van der Waals surface area contributed by atoms with Crippen LogP contribution in [0.3, 0.4) is 0 Å². The molecule has 8 heteroatoms. The first-order valence-electron chi connectivity index (χ1n) is 8.79. The molecule has 0 aliphatic carbocycles. The van der Waals surface area contributed by atoms with Crippen LogP contribution in [0.4, 0.5) is 5.69 Å². The first kappa shape index (κ1) is 15.1. The molecule has 2 aliphatic rings. The van der Waals surface area contributed by atoms with Gasteiger partial charge in [-0.25, -0.2) is 4.68 Å². The highest BCUT2D eigenvalue weighted by molar-refractivity contribution is 5.76. The zero-order valence-corrected chi connectivity index (χ0v) is 14.2. The number of tetrazole rings is 1. The average molecular weight is 349 g/mol. The minimum atomic E-state index is -0.135. The van der Waals surface area contributed by atoms with Crippen LogP contribution in [0.25, 0.3) is 5.69 Å². The Hall–Kier alpha value is -3.16. The average Bonchev–Trinajstić information content (AvgIpc) is 3.35. The van der Waals surface area contributed by atoms with Crippen LogP contribution in [-0.2, 0) is 16.9 Å². The van der Waals surface area contributed by atoms with E-state index in [0.29, 0.717) is 13.1 Å². The van der Waals surface area contributed by atoms with Crippen LogP contribution in [0.15, 0.2) is 48.9 Å². The van der Waals surface area contributed by atoms with Crippen molar-refractivity contribution in [2.24, 2.45) is 0 Å². The summed E-state index contributed by atoms with van der Waals surface area (Å²) in [5.41, 5.74) is 3.45. The van der Waals surface area contributed by atoms with Crippen LogP contribution in [0, 0.1) is 0 Å². The number of rotatable bonds is 2. The highest BCUT2D eigenvalue weighted by Gasteiger charge is 2.42. The molecular formula is C18H19N7O. The molecule has 2 aromatic heterocycles. The van der Waals surface area contributed by atoms with Crippen molar-refractivity contribution in [3.63, 3.8) is 0 Å². The molecule has 1 amide bonds. The van der Waals surface area contributed by atoms with Gasteiger partial charge in [0.1, 0.15) is 12.9 Å². The second kappa shape index (κ2) is 5.69. The smallest absolute Gasteiger partial charge is 0.244 e. The number of nitrogens with zero attached hydrogens (tertiary/aromatic N) is 6. The van der Waals surface area contributed by atoms with E-state index in [-0.39, 0.29) is 18.0 Å². The Kier molecular flexibility index (Phi) is 3.31. The summed E-state index contributed by atoms with van der Waals surface area (Å²) in [6.45, 7) is 1.61. The molecule has 26 heavy (non-hydrogen) atoms. The first-order chi connectivity index (χ1) is 12.8. The Labute approximate surface area is 150 Å². The molecule has 5 rings (SSSR count). The molecule has 4 heterocycles. The third-order valence-corrected chi connectivity index (χ3v) is 5.44. The summed E-state index contributed by atoms with van der Waals surface area (Å²) in [4.78, 5) is 14.4. The zero-order valence-electron chi connectivity index (χ0n) is 14.2. The molecule has 1 saturated heterocycles. The molecule has 1 aromatic carbocycles. The molecule has 0 radical (unpaired) electrons. The fraction of sp³-hybridized carbons (Fsp3) is 0.333. The Balaban J connectivity index is 1.37. The molecule has 0 saturated carbocycles. The van der Waals surface area contributed by atoms with Gasteiger partial charge < -0.3 is 14.8 Å². The van der Waals surface area contributed by atoms with E-state index in [9.17, 15) is 4.79 Å². The minimum Gasteiger partial charge on any atom is -0.372 e. The summed E-state index contributed by atoms with van der Waals surface area (Å²) in [6.07, 6.45) is 5.32. The second-order valence-corrected chi connectivity index (χ2v) is 6.88. The lowest BCUT2D eigenvalue weighted by molar-refractivity contribution is -0.133. The van der Waals surface area contributed by atoms with Crippen molar-refractivity contribution >= 4 is 11.6 Å². The molecule has 8 nitrogen and oxygen atoms in total. The third kappa shape index (κ3) is 2.29. The maximum Gasteiger partial charge on any atom is 0.244 e. The number of likely N-dealkylation sites (tertiary alicyclic amines) is 1. The Bertz CT molecular complexity index is 938. The summed E-state index contributed by atoms with van der Waals surface area (Å²) in [6, 6.07) is 12.6. The van der Waals surface area contributed by atoms with Crippen LogP contribution >= 0.6 is 0 Å². The number of nitrogens with one attached hydrogen (secondary N) is 1. The zero-order chi connectivity index (χ0) is 17.6. The van der Waals surface area contributed by atoms with Crippen molar-refractivity contribution < 1.29 is 4.79 Å². The monoisotopic (exact) mass is 349 g/mol. The van der Waals surface area contributed by atoms with Gasteiger partial charge in [-0.3, -0.25) is 4.79 Å². The number of aromatic nitrogens is 5. The number of benzene rings is 1. The van der Waals surface area contributed by atoms with E-state index in [1.807, 2.05) is 4.90 Å². The lowest BCUT2D eigenvalue weighted by Gasteiger charge is -2.46. The molecule has 1 N–H and O–H groups in total. The highest BCUT2D eigenvalue weighted by atomic mass is 16.2. The van der Waals surface area contributed by atoms with Gasteiger partial charge in [-0.15, -0.1) is 5.10 Å². The van der Waals surface area contributed by atoms with Crippen LogP contribution in [0.5, 0.6) is 0 Å². The lowest BCUT2D eigenvalue weighted by atomic mass is 9.82. The van der Waals surface area contributed by atoms with E-state index in [2.05, 4.69) is 68.0 Å². The summed E-state index contributed by atoms with van der Waals surface area (Å²) in [7, 11) is 0. The number of para-hydroxylation sites is 2. The molecule has 0 unspecified atom stereocenters. The number of anilines is 1. The standard InChI is InChI=1S/C18H19N7O/c26-17(12-24-13-19-21-22-24)23-10-7-18(8-11-23)16-6-3-9-25(16)15-5-2-1-4-14(15)20-18/h1-6,9,13,20H,7-8,10-12H2. The van der Waals surface area contributed by atoms with Crippen LogP contribution in [-0.4, -0.2) is 48.7 Å². The fourth-order valence-electron chi connectivity index (χ4n) is 4.10. The summed E-state index contributed by atoms with van der Waals surface area (Å²) in [5, 5.41) is 14.7. The molecular weight excluding hydrogens is 330 g/mol. The predicted octanol–water partition coefficient (Wildman–Crippen LogP) is 1.41. The Morgan fingerprint density at radius 1 is 1.15 bits per heavy atom. The van der Waals surface area contributed by atoms with Gasteiger partial charge in [-0.2, -0.15) is 0 Å². The Morgan fingerprint density at radius 3 is 2.81 bits per heavy atom. The fourth-order valence-corrected chi connectivity index (χ4v) is 4.10. The van der Waals surface area contributed by atoms with E-state index in [1.165, 1.54) is 22.4 Å². The molecule has 0 atom stereocenters. The van der Waals surface area contributed by atoms with Crippen LogP contribution in [0.2, 0.25) is 0 Å². The van der Waals surface area contributed by atoms with Crippen molar-refractivity contribution in [2.75, 3.05) is 18.4 Å². The highest BCUT2D eigenvalue weighted by Crippen LogP contribution is 2.43. The van der Waals surface area contributed by atoms with Gasteiger partial charge >= 0.3 is 0 Å². The van der Waals surface area contributed by atoms with Gasteiger partial charge in [0, 0.05) is 25.0 Å². The molecule has 1 spiro atoms. The van der Waals surface area contributed by atoms with Crippen molar-refractivity contribution in [1.29, 1.82) is 0 Å². The van der Waals surface area contributed by atoms with Crippen molar-refractivity contribution in [3.05, 3.63) is 54.6 Å². The number of carbonyl (C=O) groups is 1. The van der Waals surface area contributed by atoms with Gasteiger partial charge in [0.2, 0.25) is 5.91 Å². The quantitative estimate of drug-likeness (QED) is 0.756. The number of carbonyl (C=O) groups excluding carboxylic acids is 1. The van der Waals surface area contributed by atoms with E-state index in [0.717, 1.165) is 18.5 Å². The lowest BCUT2D eigenvalue weighted by Crippen LogP contribution is -2.51. The predicted molar refractivity (Wildman–Crippen MR) is 94.7 cm³/mol. The van der Waals surface area contributed by atoms with E-state index in [1.54, 1.807) is 0 Å². The SMILES string of the molecule is O=C(Cn1cnnn1)N1CCC2(CC1)Nc1ccccc1-n1cccc12.